The van der Waals surface area contributed by atoms with E-state index in [1.54, 1.807) is 0 Å². The van der Waals surface area contributed by atoms with Crippen molar-refractivity contribution in [3.05, 3.63) is 59.2 Å². The Morgan fingerprint density at radius 3 is 2.50 bits per heavy atom. The second-order valence-corrected chi connectivity index (χ2v) is 7.43. The molecule has 0 aliphatic carbocycles. The first-order valence-corrected chi connectivity index (χ1v) is 10.1. The summed E-state index contributed by atoms with van der Waals surface area (Å²) in [5.41, 5.74) is 5.81. The van der Waals surface area contributed by atoms with Crippen molar-refractivity contribution in [1.29, 1.82) is 0 Å². The minimum atomic E-state index is 0.0197. The van der Waals surface area contributed by atoms with Crippen molar-refractivity contribution < 1.29 is 9.53 Å². The third-order valence-corrected chi connectivity index (χ3v) is 5.24. The molecule has 1 fully saturated rings. The Kier molecular flexibility index (Phi) is 7.06. The number of morpholine rings is 1. The number of ether oxygens (including phenoxy) is 1. The van der Waals surface area contributed by atoms with Crippen molar-refractivity contribution in [2.45, 2.75) is 27.3 Å². The average Bonchev–Trinajstić information content (AvgIpc) is 2.71. The number of carbonyl (C=O) groups is 1. The predicted octanol–water partition coefficient (Wildman–Crippen LogP) is 3.60. The van der Waals surface area contributed by atoms with Crippen LogP contribution in [0.25, 0.3) is 0 Å². The molecule has 0 radical (unpaired) electrons. The van der Waals surface area contributed by atoms with Crippen molar-refractivity contribution in [2.24, 2.45) is 0 Å². The lowest BCUT2D eigenvalue weighted by Gasteiger charge is -2.29. The molecular formula is C23H31N3O2. The zero-order chi connectivity index (χ0) is 19.9. The first-order valence-electron chi connectivity index (χ1n) is 10.1. The van der Waals surface area contributed by atoms with Crippen molar-refractivity contribution >= 4 is 17.3 Å². The molecule has 0 saturated carbocycles. The van der Waals surface area contributed by atoms with Gasteiger partial charge < -0.3 is 15.0 Å². The molecule has 0 atom stereocenters. The lowest BCUT2D eigenvalue weighted by molar-refractivity contribution is -0.117. The summed E-state index contributed by atoms with van der Waals surface area (Å²) in [4.78, 5) is 17.0. The molecule has 28 heavy (non-hydrogen) atoms. The molecule has 150 valence electrons. The van der Waals surface area contributed by atoms with Crippen molar-refractivity contribution in [1.82, 2.24) is 4.90 Å². The minimum Gasteiger partial charge on any atom is -0.378 e. The lowest BCUT2D eigenvalue weighted by Crippen LogP contribution is -2.36. The minimum absolute atomic E-state index is 0.0197. The van der Waals surface area contributed by atoms with E-state index in [4.69, 9.17) is 4.74 Å². The summed E-state index contributed by atoms with van der Waals surface area (Å²) in [7, 11) is 0. The SMILES string of the molecule is CCN(CC(=O)Nc1ccc(N2CCOCC2)cc1)Cc1cc(C)ccc1C. The highest BCUT2D eigenvalue weighted by molar-refractivity contribution is 5.92. The monoisotopic (exact) mass is 381 g/mol. The molecule has 0 spiro atoms. The van der Waals surface area contributed by atoms with Gasteiger partial charge in [-0.2, -0.15) is 0 Å². The standard InChI is InChI=1S/C23H31N3O2/c1-4-25(16-20-15-18(2)5-6-19(20)3)17-23(27)24-21-7-9-22(10-8-21)26-11-13-28-14-12-26/h5-10,15H,4,11-14,16-17H2,1-3H3,(H,24,27). The van der Waals surface area contributed by atoms with Crippen LogP contribution in [-0.2, 0) is 16.1 Å². The normalized spacial score (nSPS) is 14.4. The fraction of sp³-hybridized carbons (Fsp3) is 0.435. The maximum atomic E-state index is 12.5. The van der Waals surface area contributed by atoms with E-state index in [9.17, 15) is 4.79 Å². The van der Waals surface area contributed by atoms with Crippen LogP contribution >= 0.6 is 0 Å². The molecule has 2 aromatic rings. The molecule has 0 bridgehead atoms. The summed E-state index contributed by atoms with van der Waals surface area (Å²) in [5, 5.41) is 3.02. The van der Waals surface area contributed by atoms with Gasteiger partial charge in [0, 0.05) is 31.0 Å². The van der Waals surface area contributed by atoms with E-state index in [1.165, 1.54) is 22.4 Å². The highest BCUT2D eigenvalue weighted by Gasteiger charge is 2.13. The molecule has 1 aliphatic rings. The summed E-state index contributed by atoms with van der Waals surface area (Å²) in [6, 6.07) is 14.6. The Morgan fingerprint density at radius 2 is 1.82 bits per heavy atom. The lowest BCUT2D eigenvalue weighted by atomic mass is 10.1. The maximum absolute atomic E-state index is 12.5. The molecular weight excluding hydrogens is 350 g/mol. The van der Waals surface area contributed by atoms with Gasteiger partial charge in [-0.1, -0.05) is 30.7 Å². The Labute approximate surface area is 168 Å². The van der Waals surface area contributed by atoms with Gasteiger partial charge in [0.1, 0.15) is 0 Å². The van der Waals surface area contributed by atoms with Gasteiger partial charge in [0.25, 0.3) is 0 Å². The van der Waals surface area contributed by atoms with Crippen LogP contribution in [0.5, 0.6) is 0 Å². The van der Waals surface area contributed by atoms with Crippen LogP contribution in [0.2, 0.25) is 0 Å². The Balaban J connectivity index is 1.55. The van der Waals surface area contributed by atoms with Gasteiger partial charge in [0.05, 0.1) is 19.8 Å². The molecule has 3 rings (SSSR count). The number of nitrogens with one attached hydrogen (secondary N) is 1. The highest BCUT2D eigenvalue weighted by atomic mass is 16.5. The second kappa shape index (κ2) is 9.71. The van der Waals surface area contributed by atoms with Crippen LogP contribution in [0.3, 0.4) is 0 Å². The second-order valence-electron chi connectivity index (χ2n) is 7.43. The molecule has 5 heteroatoms. The Bertz CT molecular complexity index is 783. The van der Waals surface area contributed by atoms with Crippen LogP contribution < -0.4 is 10.2 Å². The smallest absolute Gasteiger partial charge is 0.238 e. The number of anilines is 2. The van der Waals surface area contributed by atoms with Crippen molar-refractivity contribution in [2.75, 3.05) is 49.6 Å². The topological polar surface area (TPSA) is 44.8 Å². The van der Waals surface area contributed by atoms with Crippen molar-refractivity contribution in [3.63, 3.8) is 0 Å². The van der Waals surface area contributed by atoms with Crippen LogP contribution in [-0.4, -0.2) is 50.2 Å². The van der Waals surface area contributed by atoms with Gasteiger partial charge in [-0.25, -0.2) is 0 Å². The molecule has 5 nitrogen and oxygen atoms in total. The van der Waals surface area contributed by atoms with Crippen LogP contribution in [0.15, 0.2) is 42.5 Å². The molecule has 1 aliphatic heterocycles. The van der Waals surface area contributed by atoms with Gasteiger partial charge in [-0.3, -0.25) is 9.69 Å². The van der Waals surface area contributed by atoms with Gasteiger partial charge in [-0.15, -0.1) is 0 Å². The van der Waals surface area contributed by atoms with Crippen LogP contribution in [0.4, 0.5) is 11.4 Å². The van der Waals surface area contributed by atoms with Crippen molar-refractivity contribution in [3.8, 4) is 0 Å². The summed E-state index contributed by atoms with van der Waals surface area (Å²) in [6.45, 7) is 11.7. The highest BCUT2D eigenvalue weighted by Crippen LogP contribution is 2.19. The maximum Gasteiger partial charge on any atom is 0.238 e. The third kappa shape index (κ3) is 5.57. The van der Waals surface area contributed by atoms with E-state index in [-0.39, 0.29) is 5.91 Å². The fourth-order valence-electron chi connectivity index (χ4n) is 3.47. The van der Waals surface area contributed by atoms with E-state index in [2.05, 4.69) is 66.2 Å². The molecule has 1 saturated heterocycles. The first-order chi connectivity index (χ1) is 13.5. The quantitative estimate of drug-likeness (QED) is 0.796. The Morgan fingerprint density at radius 1 is 1.11 bits per heavy atom. The first kappa shape index (κ1) is 20.4. The average molecular weight is 382 g/mol. The molecule has 0 aromatic heterocycles. The van der Waals surface area contributed by atoms with E-state index >= 15 is 0 Å². The number of amides is 1. The number of carbonyl (C=O) groups excluding carboxylic acids is 1. The van der Waals surface area contributed by atoms with Gasteiger partial charge in [0.15, 0.2) is 0 Å². The summed E-state index contributed by atoms with van der Waals surface area (Å²) < 4.78 is 5.40. The fourth-order valence-corrected chi connectivity index (χ4v) is 3.47. The van der Waals surface area contributed by atoms with Crippen LogP contribution in [0, 0.1) is 13.8 Å². The zero-order valence-electron chi connectivity index (χ0n) is 17.2. The number of likely N-dealkylation sites (N-methyl/N-ethyl adjacent to an activating group) is 1. The molecule has 1 amide bonds. The van der Waals surface area contributed by atoms with E-state index in [0.29, 0.717) is 6.54 Å². The Hall–Kier alpha value is -2.37. The van der Waals surface area contributed by atoms with Gasteiger partial charge in [-0.05, 0) is 55.8 Å². The van der Waals surface area contributed by atoms with Gasteiger partial charge >= 0.3 is 0 Å². The number of aryl methyl sites for hydroxylation is 2. The number of nitrogens with zero attached hydrogens (tertiary/aromatic N) is 2. The van der Waals surface area contributed by atoms with E-state index in [0.717, 1.165) is 45.1 Å². The van der Waals surface area contributed by atoms with E-state index < -0.39 is 0 Å². The number of hydrogen-bond donors (Lipinski definition) is 1. The number of hydrogen-bond acceptors (Lipinski definition) is 4. The predicted molar refractivity (Wildman–Crippen MR) is 115 cm³/mol. The largest absolute Gasteiger partial charge is 0.378 e. The van der Waals surface area contributed by atoms with Crippen LogP contribution in [0.1, 0.15) is 23.6 Å². The molecule has 2 aromatic carbocycles. The number of rotatable bonds is 7. The summed E-state index contributed by atoms with van der Waals surface area (Å²) in [6.07, 6.45) is 0. The zero-order valence-corrected chi connectivity index (χ0v) is 17.2. The summed E-state index contributed by atoms with van der Waals surface area (Å²) in [5.74, 6) is 0.0197. The third-order valence-electron chi connectivity index (χ3n) is 5.24. The number of benzene rings is 2. The van der Waals surface area contributed by atoms with Gasteiger partial charge in [0.2, 0.25) is 5.91 Å². The summed E-state index contributed by atoms with van der Waals surface area (Å²) >= 11 is 0. The molecule has 0 unspecified atom stereocenters. The molecule has 1 N–H and O–H groups in total. The molecule has 1 heterocycles. The van der Waals surface area contributed by atoms with E-state index in [1.807, 2.05) is 12.1 Å².